The summed E-state index contributed by atoms with van der Waals surface area (Å²) in [6, 6.07) is 1.72. The molecule has 1 aromatic heterocycles. The summed E-state index contributed by atoms with van der Waals surface area (Å²) >= 11 is 3.57. The Balaban J connectivity index is 2.45. The van der Waals surface area contributed by atoms with Crippen molar-refractivity contribution in [2.75, 3.05) is 6.54 Å². The molecule has 1 unspecified atom stereocenters. The first-order chi connectivity index (χ1) is 8.04. The first-order valence-electron chi connectivity index (χ1n) is 6.03. The third-order valence-corrected chi connectivity index (χ3v) is 3.22. The molecule has 1 N–H and O–H groups in total. The van der Waals surface area contributed by atoms with Gasteiger partial charge in [0, 0.05) is 17.8 Å². The predicted molar refractivity (Wildman–Crippen MR) is 72.6 cm³/mol. The van der Waals surface area contributed by atoms with E-state index >= 15 is 0 Å². The summed E-state index contributed by atoms with van der Waals surface area (Å²) in [5, 5.41) is 2.92. The molecule has 0 aliphatic heterocycles. The van der Waals surface area contributed by atoms with Crippen molar-refractivity contribution in [3.63, 3.8) is 0 Å². The zero-order chi connectivity index (χ0) is 12.8. The minimum Gasteiger partial charge on any atom is -0.469 e. The molecule has 0 aromatic carbocycles. The van der Waals surface area contributed by atoms with E-state index < -0.39 is 0 Å². The van der Waals surface area contributed by atoms with Gasteiger partial charge >= 0.3 is 0 Å². The lowest BCUT2D eigenvalue weighted by Crippen LogP contribution is -2.30. The van der Waals surface area contributed by atoms with Crippen LogP contribution in [0, 0.1) is 5.92 Å². The van der Waals surface area contributed by atoms with E-state index in [-0.39, 0.29) is 5.91 Å². The number of hydrogen-bond donors (Lipinski definition) is 1. The van der Waals surface area contributed by atoms with Crippen LogP contribution in [0.5, 0.6) is 0 Å². The molecule has 1 heterocycles. The van der Waals surface area contributed by atoms with E-state index in [0.717, 1.165) is 18.6 Å². The average molecular weight is 302 g/mol. The lowest BCUT2D eigenvalue weighted by molar-refractivity contribution is 0.0951. The number of carbonyl (C=O) groups excluding carboxylic acids is 1. The first kappa shape index (κ1) is 14.3. The van der Waals surface area contributed by atoms with Crippen molar-refractivity contribution in [1.82, 2.24) is 5.32 Å². The van der Waals surface area contributed by atoms with Crippen LogP contribution in [0.4, 0.5) is 0 Å². The molecule has 1 rings (SSSR count). The van der Waals surface area contributed by atoms with Crippen LogP contribution >= 0.6 is 15.9 Å². The molecule has 0 fully saturated rings. The molecule has 0 aliphatic carbocycles. The van der Waals surface area contributed by atoms with Crippen molar-refractivity contribution in [1.29, 1.82) is 0 Å². The highest BCUT2D eigenvalue weighted by Crippen LogP contribution is 2.13. The Kier molecular flexibility index (Phi) is 5.75. The molecule has 0 radical (unpaired) electrons. The highest BCUT2D eigenvalue weighted by atomic mass is 79.9. The van der Waals surface area contributed by atoms with E-state index in [1.165, 1.54) is 0 Å². The number of aryl methyl sites for hydroxylation is 1. The lowest BCUT2D eigenvalue weighted by atomic mass is 10.1. The normalized spacial score (nSPS) is 12.8. The third kappa shape index (κ3) is 4.54. The fraction of sp³-hybridized carbons (Fsp3) is 0.615. The average Bonchev–Trinajstić information content (AvgIpc) is 2.72. The predicted octanol–water partition coefficient (Wildman–Crippen LogP) is 3.38. The van der Waals surface area contributed by atoms with Crippen LogP contribution in [0.2, 0.25) is 0 Å². The molecule has 0 spiro atoms. The molecule has 0 aliphatic rings. The Hall–Kier alpha value is -0.770. The minimum atomic E-state index is -0.0520. The second kappa shape index (κ2) is 6.84. The molecule has 1 amide bonds. The fourth-order valence-electron chi connectivity index (χ4n) is 1.71. The van der Waals surface area contributed by atoms with Crippen molar-refractivity contribution < 1.29 is 9.21 Å². The standard InChI is InChI=1S/C13H20BrNO2/c1-4-12-11(5-6-17-12)13(16)15-8-10(14)7-9(2)3/h5-6,9-10H,4,7-8H2,1-3H3,(H,15,16). The van der Waals surface area contributed by atoms with Crippen LogP contribution < -0.4 is 5.32 Å². The van der Waals surface area contributed by atoms with E-state index in [1.807, 2.05) is 6.92 Å². The van der Waals surface area contributed by atoms with Crippen LogP contribution in [-0.2, 0) is 6.42 Å². The Morgan fingerprint density at radius 2 is 2.24 bits per heavy atom. The largest absolute Gasteiger partial charge is 0.469 e. The molecule has 0 saturated heterocycles. The van der Waals surface area contributed by atoms with Gasteiger partial charge in [-0.1, -0.05) is 36.7 Å². The zero-order valence-corrected chi connectivity index (χ0v) is 12.2. The SMILES string of the molecule is CCc1occc1C(=O)NCC(Br)CC(C)C. The topological polar surface area (TPSA) is 42.2 Å². The number of halogens is 1. The monoisotopic (exact) mass is 301 g/mol. The molecule has 17 heavy (non-hydrogen) atoms. The maximum Gasteiger partial charge on any atom is 0.254 e. The van der Waals surface area contributed by atoms with Crippen molar-refractivity contribution in [2.24, 2.45) is 5.92 Å². The Labute approximate surface area is 111 Å². The molecule has 3 nitrogen and oxygen atoms in total. The van der Waals surface area contributed by atoms with Crippen LogP contribution in [0.15, 0.2) is 16.7 Å². The molecule has 4 heteroatoms. The van der Waals surface area contributed by atoms with Gasteiger partial charge in [0.25, 0.3) is 5.91 Å². The number of amides is 1. The smallest absolute Gasteiger partial charge is 0.254 e. The van der Waals surface area contributed by atoms with E-state index in [4.69, 9.17) is 4.42 Å². The van der Waals surface area contributed by atoms with Gasteiger partial charge in [-0.05, 0) is 18.4 Å². The molecular weight excluding hydrogens is 282 g/mol. The number of rotatable bonds is 6. The third-order valence-electron chi connectivity index (χ3n) is 2.52. The summed E-state index contributed by atoms with van der Waals surface area (Å²) < 4.78 is 5.23. The first-order valence-corrected chi connectivity index (χ1v) is 6.94. The number of furan rings is 1. The summed E-state index contributed by atoms with van der Waals surface area (Å²) in [5.74, 6) is 1.32. The van der Waals surface area contributed by atoms with E-state index in [9.17, 15) is 4.79 Å². The molecular formula is C13H20BrNO2. The van der Waals surface area contributed by atoms with Gasteiger partial charge < -0.3 is 9.73 Å². The van der Waals surface area contributed by atoms with Gasteiger partial charge in [0.05, 0.1) is 11.8 Å². The molecule has 1 aromatic rings. The van der Waals surface area contributed by atoms with Gasteiger partial charge in [-0.2, -0.15) is 0 Å². The van der Waals surface area contributed by atoms with Gasteiger partial charge in [-0.15, -0.1) is 0 Å². The van der Waals surface area contributed by atoms with Crippen molar-refractivity contribution >= 4 is 21.8 Å². The van der Waals surface area contributed by atoms with Crippen molar-refractivity contribution in [2.45, 2.75) is 38.4 Å². The highest BCUT2D eigenvalue weighted by molar-refractivity contribution is 9.09. The number of carbonyl (C=O) groups is 1. The Bertz CT molecular complexity index is 360. The number of nitrogens with one attached hydrogen (secondary N) is 1. The van der Waals surface area contributed by atoms with Crippen LogP contribution in [0.1, 0.15) is 43.3 Å². The summed E-state index contributed by atoms with van der Waals surface area (Å²) in [7, 11) is 0. The van der Waals surface area contributed by atoms with Crippen molar-refractivity contribution in [3.05, 3.63) is 23.7 Å². The van der Waals surface area contributed by atoms with Gasteiger partial charge in [-0.3, -0.25) is 4.79 Å². The summed E-state index contributed by atoms with van der Waals surface area (Å²) in [6.07, 6.45) is 3.35. The quantitative estimate of drug-likeness (QED) is 0.819. The van der Waals surface area contributed by atoms with E-state index in [1.54, 1.807) is 12.3 Å². The van der Waals surface area contributed by atoms with Gasteiger partial charge in [0.15, 0.2) is 0 Å². The second-order valence-corrected chi connectivity index (χ2v) is 5.84. The maximum atomic E-state index is 11.9. The van der Waals surface area contributed by atoms with Gasteiger partial charge in [0.1, 0.15) is 5.76 Å². The Morgan fingerprint density at radius 1 is 1.53 bits per heavy atom. The minimum absolute atomic E-state index is 0.0520. The molecule has 96 valence electrons. The summed E-state index contributed by atoms with van der Waals surface area (Å²) in [6.45, 7) is 6.95. The lowest BCUT2D eigenvalue weighted by Gasteiger charge is -2.13. The second-order valence-electron chi connectivity index (χ2n) is 4.55. The van der Waals surface area contributed by atoms with Gasteiger partial charge in [-0.25, -0.2) is 0 Å². The van der Waals surface area contributed by atoms with E-state index in [2.05, 4.69) is 35.1 Å². The maximum absolute atomic E-state index is 11.9. The van der Waals surface area contributed by atoms with Gasteiger partial charge in [0.2, 0.25) is 0 Å². The number of hydrogen-bond acceptors (Lipinski definition) is 2. The van der Waals surface area contributed by atoms with Crippen molar-refractivity contribution in [3.8, 4) is 0 Å². The van der Waals surface area contributed by atoms with Crippen LogP contribution in [0.25, 0.3) is 0 Å². The molecule has 0 saturated carbocycles. The van der Waals surface area contributed by atoms with Crippen LogP contribution in [-0.4, -0.2) is 17.3 Å². The summed E-state index contributed by atoms with van der Waals surface area (Å²) in [4.78, 5) is 12.2. The number of alkyl halides is 1. The summed E-state index contributed by atoms with van der Waals surface area (Å²) in [5.41, 5.74) is 0.650. The highest BCUT2D eigenvalue weighted by Gasteiger charge is 2.14. The molecule has 0 bridgehead atoms. The van der Waals surface area contributed by atoms with E-state index in [0.29, 0.717) is 22.9 Å². The zero-order valence-electron chi connectivity index (χ0n) is 10.6. The van der Waals surface area contributed by atoms with Crippen LogP contribution in [0.3, 0.4) is 0 Å². The Morgan fingerprint density at radius 3 is 2.82 bits per heavy atom. The molecule has 1 atom stereocenters. The fourth-order valence-corrected chi connectivity index (χ4v) is 2.62.